The molecule has 0 unspecified atom stereocenters. The SMILES string of the molecule is CC(C)Cc1nnc(NC(=O)c2ccccc2O)s1. The molecule has 5 nitrogen and oxygen atoms in total. The minimum absolute atomic E-state index is 0.0491. The van der Waals surface area contributed by atoms with Crippen LogP contribution in [0, 0.1) is 5.92 Å². The van der Waals surface area contributed by atoms with Crippen molar-refractivity contribution < 1.29 is 9.90 Å². The number of nitrogens with one attached hydrogen (secondary N) is 1. The topological polar surface area (TPSA) is 75.1 Å². The van der Waals surface area contributed by atoms with Crippen LogP contribution in [0.25, 0.3) is 0 Å². The molecule has 0 saturated heterocycles. The van der Waals surface area contributed by atoms with E-state index >= 15 is 0 Å². The van der Waals surface area contributed by atoms with Gasteiger partial charge in [0.05, 0.1) is 5.56 Å². The van der Waals surface area contributed by atoms with Crippen LogP contribution in [0.5, 0.6) is 5.75 Å². The molecular weight excluding hydrogens is 262 g/mol. The predicted octanol–water partition coefficient (Wildman–Crippen LogP) is 2.69. The number of para-hydroxylation sites is 1. The molecule has 1 aromatic carbocycles. The Kier molecular flexibility index (Phi) is 4.11. The zero-order valence-electron chi connectivity index (χ0n) is 10.8. The van der Waals surface area contributed by atoms with Gasteiger partial charge in [0.1, 0.15) is 10.8 Å². The van der Waals surface area contributed by atoms with Crippen LogP contribution in [0.4, 0.5) is 5.13 Å². The number of hydrogen-bond donors (Lipinski definition) is 2. The zero-order chi connectivity index (χ0) is 13.8. The monoisotopic (exact) mass is 277 g/mol. The van der Waals surface area contributed by atoms with E-state index in [4.69, 9.17) is 0 Å². The molecule has 0 fully saturated rings. The Morgan fingerprint density at radius 2 is 2.11 bits per heavy atom. The second kappa shape index (κ2) is 5.79. The first-order valence-electron chi connectivity index (χ1n) is 5.98. The zero-order valence-corrected chi connectivity index (χ0v) is 11.6. The molecule has 0 bridgehead atoms. The largest absolute Gasteiger partial charge is 0.507 e. The van der Waals surface area contributed by atoms with Crippen molar-refractivity contribution in [3.8, 4) is 5.75 Å². The Bertz CT molecular complexity index is 581. The molecule has 6 heteroatoms. The summed E-state index contributed by atoms with van der Waals surface area (Å²) in [6, 6.07) is 6.39. The van der Waals surface area contributed by atoms with E-state index in [1.807, 2.05) is 0 Å². The van der Waals surface area contributed by atoms with Crippen LogP contribution in [0.2, 0.25) is 0 Å². The van der Waals surface area contributed by atoms with Crippen molar-refractivity contribution in [2.24, 2.45) is 5.92 Å². The maximum absolute atomic E-state index is 11.9. The normalized spacial score (nSPS) is 10.7. The molecule has 2 aromatic rings. The van der Waals surface area contributed by atoms with Crippen molar-refractivity contribution in [1.29, 1.82) is 0 Å². The van der Waals surface area contributed by atoms with Gasteiger partial charge >= 0.3 is 0 Å². The number of phenols is 1. The first kappa shape index (κ1) is 13.5. The van der Waals surface area contributed by atoms with Crippen LogP contribution in [0.1, 0.15) is 29.2 Å². The lowest BCUT2D eigenvalue weighted by molar-refractivity contribution is 0.102. The highest BCUT2D eigenvalue weighted by molar-refractivity contribution is 7.15. The summed E-state index contributed by atoms with van der Waals surface area (Å²) in [4.78, 5) is 11.9. The summed E-state index contributed by atoms with van der Waals surface area (Å²) in [6.07, 6.45) is 0.837. The average molecular weight is 277 g/mol. The van der Waals surface area contributed by atoms with E-state index < -0.39 is 0 Å². The molecule has 0 aliphatic heterocycles. The Morgan fingerprint density at radius 1 is 1.37 bits per heavy atom. The van der Waals surface area contributed by atoms with Gasteiger partial charge in [0.2, 0.25) is 5.13 Å². The van der Waals surface area contributed by atoms with Crippen molar-refractivity contribution in [2.75, 3.05) is 5.32 Å². The smallest absolute Gasteiger partial charge is 0.261 e. The maximum Gasteiger partial charge on any atom is 0.261 e. The lowest BCUT2D eigenvalue weighted by Gasteiger charge is -2.02. The number of aromatic nitrogens is 2. The van der Waals surface area contributed by atoms with Crippen molar-refractivity contribution in [3.05, 3.63) is 34.8 Å². The van der Waals surface area contributed by atoms with Gasteiger partial charge in [-0.15, -0.1) is 10.2 Å². The molecule has 0 atom stereocenters. The predicted molar refractivity (Wildman–Crippen MR) is 74.5 cm³/mol. The lowest BCUT2D eigenvalue weighted by atomic mass is 10.1. The number of benzene rings is 1. The maximum atomic E-state index is 11.9. The fraction of sp³-hybridized carbons (Fsp3) is 0.308. The Balaban J connectivity index is 2.07. The summed E-state index contributed by atoms with van der Waals surface area (Å²) in [5.74, 6) is 0.0620. The number of hydrogen-bond acceptors (Lipinski definition) is 5. The molecule has 0 radical (unpaired) electrons. The van der Waals surface area contributed by atoms with Gasteiger partial charge in [0, 0.05) is 6.42 Å². The Hall–Kier alpha value is -1.95. The van der Waals surface area contributed by atoms with Gasteiger partial charge in [0.25, 0.3) is 5.91 Å². The molecule has 1 amide bonds. The van der Waals surface area contributed by atoms with Crippen LogP contribution in [0.3, 0.4) is 0 Å². The molecule has 0 spiro atoms. The van der Waals surface area contributed by atoms with Crippen LogP contribution in [0.15, 0.2) is 24.3 Å². The fourth-order valence-electron chi connectivity index (χ4n) is 1.57. The molecule has 1 heterocycles. The third-order valence-electron chi connectivity index (χ3n) is 2.42. The van der Waals surface area contributed by atoms with Crippen LogP contribution >= 0.6 is 11.3 Å². The number of carbonyl (C=O) groups is 1. The second-order valence-electron chi connectivity index (χ2n) is 4.57. The number of phenolic OH excluding ortho intramolecular Hbond substituents is 1. The minimum Gasteiger partial charge on any atom is -0.507 e. The lowest BCUT2D eigenvalue weighted by Crippen LogP contribution is -2.11. The summed E-state index contributed by atoms with van der Waals surface area (Å²) < 4.78 is 0. The summed E-state index contributed by atoms with van der Waals surface area (Å²) in [7, 11) is 0. The average Bonchev–Trinajstić information content (AvgIpc) is 2.76. The molecular formula is C13H15N3O2S. The Labute approximate surface area is 115 Å². The van der Waals surface area contributed by atoms with Gasteiger partial charge in [-0.05, 0) is 18.1 Å². The number of carbonyl (C=O) groups excluding carboxylic acids is 1. The van der Waals surface area contributed by atoms with Crippen LogP contribution < -0.4 is 5.32 Å². The summed E-state index contributed by atoms with van der Waals surface area (Å²) in [5.41, 5.74) is 0.225. The first-order chi connectivity index (χ1) is 9.06. The van der Waals surface area contributed by atoms with Crippen LogP contribution in [-0.4, -0.2) is 21.2 Å². The van der Waals surface area contributed by atoms with Gasteiger partial charge in [-0.2, -0.15) is 0 Å². The highest BCUT2D eigenvalue weighted by atomic mass is 32.1. The van der Waals surface area contributed by atoms with Crippen molar-refractivity contribution in [1.82, 2.24) is 10.2 Å². The fourth-order valence-corrected chi connectivity index (χ4v) is 2.51. The molecule has 1 aromatic heterocycles. The minimum atomic E-state index is -0.384. The van der Waals surface area contributed by atoms with E-state index in [1.165, 1.54) is 17.4 Å². The van der Waals surface area contributed by atoms with Crippen molar-refractivity contribution >= 4 is 22.4 Å². The highest BCUT2D eigenvalue weighted by Crippen LogP contribution is 2.21. The number of rotatable bonds is 4. The first-order valence-corrected chi connectivity index (χ1v) is 6.79. The molecule has 0 aliphatic carbocycles. The van der Waals surface area contributed by atoms with E-state index in [0.717, 1.165) is 11.4 Å². The molecule has 2 rings (SSSR count). The van der Waals surface area contributed by atoms with Gasteiger partial charge in [-0.1, -0.05) is 37.3 Å². The third kappa shape index (κ3) is 3.51. The highest BCUT2D eigenvalue weighted by Gasteiger charge is 2.13. The van der Waals surface area contributed by atoms with E-state index in [9.17, 15) is 9.90 Å². The standard InChI is InChI=1S/C13H15N3O2S/c1-8(2)7-11-15-16-13(19-11)14-12(18)9-5-3-4-6-10(9)17/h3-6,8,17H,7H2,1-2H3,(H,14,16,18). The molecule has 19 heavy (non-hydrogen) atoms. The Morgan fingerprint density at radius 3 is 2.79 bits per heavy atom. The van der Waals surface area contributed by atoms with Gasteiger partial charge in [-0.25, -0.2) is 0 Å². The molecule has 100 valence electrons. The van der Waals surface area contributed by atoms with E-state index in [0.29, 0.717) is 11.0 Å². The quantitative estimate of drug-likeness (QED) is 0.901. The van der Waals surface area contributed by atoms with Gasteiger partial charge in [0.15, 0.2) is 0 Å². The number of aromatic hydroxyl groups is 1. The van der Waals surface area contributed by atoms with Crippen molar-refractivity contribution in [3.63, 3.8) is 0 Å². The van der Waals surface area contributed by atoms with Gasteiger partial charge < -0.3 is 5.11 Å². The van der Waals surface area contributed by atoms with Gasteiger partial charge in [-0.3, -0.25) is 10.1 Å². The number of anilines is 1. The number of nitrogens with zero attached hydrogens (tertiary/aromatic N) is 2. The van der Waals surface area contributed by atoms with E-state index in [2.05, 4.69) is 29.4 Å². The second-order valence-corrected chi connectivity index (χ2v) is 5.63. The summed E-state index contributed by atoms with van der Waals surface area (Å²) in [6.45, 7) is 4.20. The number of amides is 1. The molecule has 0 aliphatic rings. The van der Waals surface area contributed by atoms with Crippen LogP contribution in [-0.2, 0) is 6.42 Å². The summed E-state index contributed by atoms with van der Waals surface area (Å²) >= 11 is 1.35. The summed E-state index contributed by atoms with van der Waals surface area (Å²) in [5, 5.41) is 21.5. The van der Waals surface area contributed by atoms with E-state index in [1.54, 1.807) is 18.2 Å². The molecule has 2 N–H and O–H groups in total. The van der Waals surface area contributed by atoms with Crippen molar-refractivity contribution in [2.45, 2.75) is 20.3 Å². The third-order valence-corrected chi connectivity index (χ3v) is 3.28. The van der Waals surface area contributed by atoms with E-state index in [-0.39, 0.29) is 17.2 Å². The molecule has 0 saturated carbocycles.